The van der Waals surface area contributed by atoms with E-state index in [1.54, 1.807) is 0 Å². The lowest BCUT2D eigenvalue weighted by Crippen LogP contribution is -2.37. The second kappa shape index (κ2) is 7.87. The smallest absolute Gasteiger partial charge is 0.313 e. The summed E-state index contributed by atoms with van der Waals surface area (Å²) in [4.78, 5) is -0.0778. The molecule has 0 aliphatic carbocycles. The van der Waals surface area contributed by atoms with E-state index in [1.807, 2.05) is 0 Å². The first kappa shape index (κ1) is 19.6. The molecule has 2 N–H and O–H groups in total. The van der Waals surface area contributed by atoms with Crippen LogP contribution in [0.3, 0.4) is 0 Å². The van der Waals surface area contributed by atoms with Crippen molar-refractivity contribution in [3.05, 3.63) is 24.3 Å². The average Bonchev–Trinajstić information content (AvgIpc) is 2.88. The van der Waals surface area contributed by atoms with Gasteiger partial charge in [0.2, 0.25) is 10.0 Å². The van der Waals surface area contributed by atoms with E-state index in [2.05, 4.69) is 10.0 Å². The number of nitrogens with one attached hydrogen (secondary N) is 2. The van der Waals surface area contributed by atoms with E-state index in [1.165, 1.54) is 12.1 Å². The first-order chi connectivity index (χ1) is 9.76. The molecule has 1 aliphatic rings. The third-order valence-corrected chi connectivity index (χ3v) is 5.23. The minimum atomic E-state index is -4.38. The lowest BCUT2D eigenvalue weighted by Gasteiger charge is -2.12. The number of hydrogen-bond donors (Lipinski definition) is 2. The average molecular weight is 377 g/mol. The molecule has 0 spiro atoms. The molecule has 10 heteroatoms. The Hall–Kier alpha value is -0.480. The summed E-state index contributed by atoms with van der Waals surface area (Å²) in [5.41, 5.74) is -4.38. The fourth-order valence-electron chi connectivity index (χ4n) is 2.05. The molecule has 2 rings (SSSR count). The zero-order valence-corrected chi connectivity index (χ0v) is 13.8. The second-order valence-corrected chi connectivity index (χ2v) is 7.57. The van der Waals surface area contributed by atoms with Gasteiger partial charge in [-0.15, -0.1) is 12.4 Å². The molecule has 1 fully saturated rings. The maximum absolute atomic E-state index is 12.2. The molecule has 126 valence electrons. The lowest BCUT2D eigenvalue weighted by atomic mass is 10.2. The van der Waals surface area contributed by atoms with Crippen LogP contribution in [-0.4, -0.2) is 33.1 Å². The van der Waals surface area contributed by atoms with Crippen molar-refractivity contribution in [2.75, 3.05) is 13.1 Å². The standard InChI is InChI=1S/C12H15F3N2O2S2.ClH/c13-12(14,15)20-10-3-5-11(6-4-10)21(18,19)17-8-9-2-1-7-16-9;/h3-6,9,16-17H,1-2,7-8H2;1H. The number of thioether (sulfide) groups is 1. The fourth-order valence-corrected chi connectivity index (χ4v) is 3.67. The molecule has 22 heavy (non-hydrogen) atoms. The van der Waals surface area contributed by atoms with Gasteiger partial charge in [0.25, 0.3) is 0 Å². The molecule has 1 aromatic rings. The summed E-state index contributed by atoms with van der Waals surface area (Å²) >= 11 is -0.271. The second-order valence-electron chi connectivity index (χ2n) is 4.66. The zero-order valence-electron chi connectivity index (χ0n) is 11.4. The van der Waals surface area contributed by atoms with Crippen molar-refractivity contribution >= 4 is 34.2 Å². The minimum Gasteiger partial charge on any atom is -0.313 e. The van der Waals surface area contributed by atoms with Gasteiger partial charge in [0, 0.05) is 17.5 Å². The van der Waals surface area contributed by atoms with Gasteiger partial charge >= 0.3 is 5.51 Å². The molecule has 1 aromatic carbocycles. The summed E-state index contributed by atoms with van der Waals surface area (Å²) in [5.74, 6) is 0. The summed E-state index contributed by atoms with van der Waals surface area (Å²) in [5, 5.41) is 3.16. The Labute approximate surface area is 137 Å². The molecule has 1 saturated heterocycles. The number of alkyl halides is 3. The summed E-state index contributed by atoms with van der Waals surface area (Å²) in [7, 11) is -3.69. The van der Waals surface area contributed by atoms with Crippen LogP contribution in [0.4, 0.5) is 13.2 Å². The lowest BCUT2D eigenvalue weighted by molar-refractivity contribution is -0.0328. The van der Waals surface area contributed by atoms with E-state index in [9.17, 15) is 21.6 Å². The zero-order chi connectivity index (χ0) is 15.5. The molecular weight excluding hydrogens is 361 g/mol. The summed E-state index contributed by atoms with van der Waals surface area (Å²) in [6, 6.07) is 4.78. The summed E-state index contributed by atoms with van der Waals surface area (Å²) in [6.45, 7) is 1.15. The first-order valence-electron chi connectivity index (χ1n) is 6.35. The van der Waals surface area contributed by atoms with Crippen LogP contribution in [0.5, 0.6) is 0 Å². The van der Waals surface area contributed by atoms with Crippen LogP contribution in [0.15, 0.2) is 34.1 Å². The molecule has 0 aromatic heterocycles. The normalized spacial score (nSPS) is 19.0. The highest BCUT2D eigenvalue weighted by Crippen LogP contribution is 2.36. The maximum atomic E-state index is 12.2. The van der Waals surface area contributed by atoms with Gasteiger partial charge < -0.3 is 5.32 Å². The van der Waals surface area contributed by atoms with Crippen LogP contribution in [0.2, 0.25) is 0 Å². The highest BCUT2D eigenvalue weighted by Gasteiger charge is 2.29. The number of sulfonamides is 1. The first-order valence-corrected chi connectivity index (χ1v) is 8.65. The predicted octanol–water partition coefficient (Wildman–Crippen LogP) is 2.75. The quantitative estimate of drug-likeness (QED) is 0.776. The van der Waals surface area contributed by atoms with Crippen LogP contribution < -0.4 is 10.0 Å². The third kappa shape index (κ3) is 5.96. The minimum absolute atomic E-state index is 0. The van der Waals surface area contributed by atoms with Gasteiger partial charge in [-0.1, -0.05) is 0 Å². The van der Waals surface area contributed by atoms with Crippen molar-refractivity contribution in [1.82, 2.24) is 10.0 Å². The molecular formula is C12H16ClF3N2O2S2. The van der Waals surface area contributed by atoms with Gasteiger partial charge in [0.15, 0.2) is 0 Å². The molecule has 1 heterocycles. The Morgan fingerprint density at radius 1 is 1.27 bits per heavy atom. The number of halogens is 4. The van der Waals surface area contributed by atoms with E-state index in [-0.39, 0.29) is 46.5 Å². The number of hydrogen-bond acceptors (Lipinski definition) is 4. The van der Waals surface area contributed by atoms with Gasteiger partial charge in [0.05, 0.1) is 4.90 Å². The molecule has 0 bridgehead atoms. The van der Waals surface area contributed by atoms with Crippen LogP contribution in [0.1, 0.15) is 12.8 Å². The molecule has 0 radical (unpaired) electrons. The van der Waals surface area contributed by atoms with E-state index in [0.29, 0.717) is 0 Å². The van der Waals surface area contributed by atoms with E-state index in [4.69, 9.17) is 0 Å². The van der Waals surface area contributed by atoms with Crippen LogP contribution in [0, 0.1) is 0 Å². The monoisotopic (exact) mass is 376 g/mol. The Bertz CT molecular complexity index is 573. The molecule has 1 unspecified atom stereocenters. The van der Waals surface area contributed by atoms with E-state index < -0.39 is 15.5 Å². The van der Waals surface area contributed by atoms with Gasteiger partial charge in [-0.3, -0.25) is 0 Å². The highest BCUT2D eigenvalue weighted by atomic mass is 35.5. The van der Waals surface area contributed by atoms with Crippen molar-refractivity contribution < 1.29 is 21.6 Å². The number of rotatable bonds is 5. The molecule has 4 nitrogen and oxygen atoms in total. The largest absolute Gasteiger partial charge is 0.446 e. The highest BCUT2D eigenvalue weighted by molar-refractivity contribution is 8.00. The fraction of sp³-hybridized carbons (Fsp3) is 0.500. The van der Waals surface area contributed by atoms with Crippen molar-refractivity contribution in [2.45, 2.75) is 34.2 Å². The van der Waals surface area contributed by atoms with E-state index >= 15 is 0 Å². The van der Waals surface area contributed by atoms with Crippen LogP contribution >= 0.6 is 24.2 Å². The Morgan fingerprint density at radius 3 is 2.41 bits per heavy atom. The van der Waals surface area contributed by atoms with Crippen molar-refractivity contribution in [1.29, 1.82) is 0 Å². The van der Waals surface area contributed by atoms with E-state index in [0.717, 1.165) is 31.5 Å². The van der Waals surface area contributed by atoms with Gasteiger partial charge in [-0.2, -0.15) is 13.2 Å². The Kier molecular flexibility index (Phi) is 7.00. The van der Waals surface area contributed by atoms with Crippen molar-refractivity contribution in [3.8, 4) is 0 Å². The topological polar surface area (TPSA) is 58.2 Å². The van der Waals surface area contributed by atoms with Gasteiger partial charge in [-0.25, -0.2) is 13.1 Å². The molecule has 0 saturated carbocycles. The van der Waals surface area contributed by atoms with Crippen LogP contribution in [-0.2, 0) is 10.0 Å². The molecule has 0 amide bonds. The number of benzene rings is 1. The Morgan fingerprint density at radius 2 is 1.91 bits per heavy atom. The summed E-state index contributed by atoms with van der Waals surface area (Å²) in [6.07, 6.45) is 1.92. The maximum Gasteiger partial charge on any atom is 0.446 e. The summed E-state index contributed by atoms with van der Waals surface area (Å²) < 4.78 is 63.1. The predicted molar refractivity (Wildman–Crippen MR) is 81.8 cm³/mol. The van der Waals surface area contributed by atoms with Crippen molar-refractivity contribution in [3.63, 3.8) is 0 Å². The molecule has 1 atom stereocenters. The Balaban J connectivity index is 0.00000242. The SMILES string of the molecule is Cl.O=S(=O)(NCC1CCCN1)c1ccc(SC(F)(F)F)cc1. The van der Waals surface area contributed by atoms with Gasteiger partial charge in [0.1, 0.15) is 0 Å². The van der Waals surface area contributed by atoms with Gasteiger partial charge in [-0.05, 0) is 55.4 Å². The van der Waals surface area contributed by atoms with Crippen molar-refractivity contribution in [2.24, 2.45) is 0 Å². The van der Waals surface area contributed by atoms with Crippen LogP contribution in [0.25, 0.3) is 0 Å². The third-order valence-electron chi connectivity index (χ3n) is 3.05. The molecule has 1 aliphatic heterocycles.